The predicted molar refractivity (Wildman–Crippen MR) is 144 cm³/mol. The number of fused-ring (bicyclic) bond motifs is 3. The molecule has 0 fully saturated rings. The van der Waals surface area contributed by atoms with Crippen molar-refractivity contribution in [3.8, 4) is 11.1 Å². The molecule has 0 saturated carbocycles. The third-order valence-electron chi connectivity index (χ3n) is 6.63. The van der Waals surface area contributed by atoms with E-state index in [0.717, 1.165) is 38.8 Å². The van der Waals surface area contributed by atoms with Gasteiger partial charge in [-0.2, -0.15) is 0 Å². The van der Waals surface area contributed by atoms with Crippen molar-refractivity contribution < 1.29 is 28.6 Å². The fraction of sp³-hybridized carbons (Fsp3) is 0.129. The number of nitrogens with one attached hydrogen (secondary N) is 1. The highest BCUT2D eigenvalue weighted by Crippen LogP contribution is 2.44. The number of nitrogens with zero attached hydrogens (tertiary/aromatic N) is 1. The zero-order valence-electron chi connectivity index (χ0n) is 20.8. The molecule has 39 heavy (non-hydrogen) atoms. The number of rotatable bonds is 8. The molecular formula is C31H25FN2O5. The summed E-state index contributed by atoms with van der Waals surface area (Å²) in [4.78, 5) is 38.0. The maximum Gasteiger partial charge on any atom is 0.411 e. The number of halogens is 1. The lowest BCUT2D eigenvalue weighted by molar-refractivity contribution is -0.137. The van der Waals surface area contributed by atoms with E-state index in [9.17, 15) is 23.9 Å². The van der Waals surface area contributed by atoms with Gasteiger partial charge in [0.25, 0.3) is 5.91 Å². The molecule has 2 N–H and O–H groups in total. The quantitative estimate of drug-likeness (QED) is 0.299. The first-order chi connectivity index (χ1) is 18.9. The van der Waals surface area contributed by atoms with Crippen LogP contribution in [0.15, 0.2) is 97.1 Å². The zero-order valence-corrected chi connectivity index (χ0v) is 20.8. The van der Waals surface area contributed by atoms with Crippen LogP contribution < -0.4 is 5.32 Å². The molecule has 0 bridgehead atoms. The lowest BCUT2D eigenvalue weighted by Crippen LogP contribution is -2.35. The van der Waals surface area contributed by atoms with Crippen molar-refractivity contribution >= 4 is 23.7 Å². The van der Waals surface area contributed by atoms with Crippen molar-refractivity contribution in [2.75, 3.05) is 18.5 Å². The summed E-state index contributed by atoms with van der Waals surface area (Å²) in [5.41, 5.74) is 4.85. The van der Waals surface area contributed by atoms with E-state index in [2.05, 4.69) is 5.32 Å². The van der Waals surface area contributed by atoms with Crippen LogP contribution in [0.3, 0.4) is 0 Å². The van der Waals surface area contributed by atoms with E-state index < -0.39 is 30.3 Å². The number of carboxylic acid groups (broad SMARTS) is 1. The van der Waals surface area contributed by atoms with Gasteiger partial charge in [0, 0.05) is 18.0 Å². The molecule has 0 aromatic heterocycles. The van der Waals surface area contributed by atoms with Gasteiger partial charge < -0.3 is 14.7 Å². The summed E-state index contributed by atoms with van der Waals surface area (Å²) in [6, 6.07) is 28.3. The number of carbonyl (C=O) groups is 3. The molecule has 1 aliphatic rings. The van der Waals surface area contributed by atoms with Crippen LogP contribution in [-0.4, -0.2) is 41.1 Å². The summed E-state index contributed by atoms with van der Waals surface area (Å²) in [7, 11) is 0. The number of ether oxygens (including phenoxy) is 1. The van der Waals surface area contributed by atoms with Gasteiger partial charge in [-0.25, -0.2) is 9.18 Å². The number of amides is 2. The standard InChI is InChI=1S/C31H25FN2O5/c32-27-16-21(30(37)34(18-29(35)36)17-20-8-2-1-3-9-20)14-15-28(27)33-31(38)39-19-26-24-12-6-4-10-22(24)23-11-5-7-13-25(23)26/h1-16,26H,17-19H2,(H,33,38)(H,35,36). The zero-order chi connectivity index (χ0) is 27.4. The highest BCUT2D eigenvalue weighted by atomic mass is 19.1. The van der Waals surface area contributed by atoms with E-state index in [-0.39, 0.29) is 30.3 Å². The Labute approximate surface area is 224 Å². The third kappa shape index (κ3) is 5.65. The van der Waals surface area contributed by atoms with Crippen molar-refractivity contribution in [3.63, 3.8) is 0 Å². The first-order valence-corrected chi connectivity index (χ1v) is 12.4. The number of benzene rings is 4. The minimum atomic E-state index is -1.19. The second-order valence-corrected chi connectivity index (χ2v) is 9.19. The van der Waals surface area contributed by atoms with Gasteiger partial charge >= 0.3 is 12.1 Å². The van der Waals surface area contributed by atoms with Gasteiger partial charge in [0.15, 0.2) is 0 Å². The smallest absolute Gasteiger partial charge is 0.411 e. The summed E-state index contributed by atoms with van der Waals surface area (Å²) in [5, 5.41) is 11.7. The van der Waals surface area contributed by atoms with Gasteiger partial charge in [-0.15, -0.1) is 0 Å². The Morgan fingerprint density at radius 3 is 2.08 bits per heavy atom. The molecule has 0 atom stereocenters. The fourth-order valence-electron chi connectivity index (χ4n) is 4.84. The van der Waals surface area contributed by atoms with Crippen LogP contribution in [0.25, 0.3) is 11.1 Å². The lowest BCUT2D eigenvalue weighted by atomic mass is 9.98. The second kappa shape index (κ2) is 11.2. The van der Waals surface area contributed by atoms with Crippen LogP contribution in [-0.2, 0) is 16.1 Å². The van der Waals surface area contributed by atoms with Crippen LogP contribution in [0, 0.1) is 5.82 Å². The number of hydrogen-bond acceptors (Lipinski definition) is 4. The van der Waals surface area contributed by atoms with E-state index >= 15 is 0 Å². The molecule has 4 aromatic carbocycles. The fourth-order valence-corrected chi connectivity index (χ4v) is 4.84. The molecule has 0 heterocycles. The normalized spacial score (nSPS) is 11.8. The summed E-state index contributed by atoms with van der Waals surface area (Å²) < 4.78 is 20.4. The molecule has 8 heteroatoms. The molecule has 1 aliphatic carbocycles. The van der Waals surface area contributed by atoms with Crippen LogP contribution in [0.1, 0.15) is 33.0 Å². The predicted octanol–water partition coefficient (Wildman–Crippen LogP) is 5.91. The van der Waals surface area contributed by atoms with E-state index in [1.165, 1.54) is 12.1 Å². The number of hydrogen-bond donors (Lipinski definition) is 2. The SMILES string of the molecule is O=C(O)CN(Cc1ccccc1)C(=O)c1ccc(NC(=O)OCC2c3ccccc3-c3ccccc32)c(F)c1. The topological polar surface area (TPSA) is 95.9 Å². The van der Waals surface area contributed by atoms with Crippen LogP contribution >= 0.6 is 0 Å². The molecular weight excluding hydrogens is 499 g/mol. The average Bonchev–Trinajstić information content (AvgIpc) is 3.26. The maximum atomic E-state index is 14.9. The molecule has 196 valence electrons. The molecule has 4 aromatic rings. The van der Waals surface area contributed by atoms with Gasteiger partial charge in [-0.05, 0) is 46.0 Å². The maximum absolute atomic E-state index is 14.9. The summed E-state index contributed by atoms with van der Waals surface area (Å²) in [5.74, 6) is -2.82. The molecule has 0 spiro atoms. The first kappa shape index (κ1) is 25.7. The van der Waals surface area contributed by atoms with Crippen molar-refractivity contribution in [2.45, 2.75) is 12.5 Å². The minimum absolute atomic E-state index is 0.0391. The van der Waals surface area contributed by atoms with Gasteiger partial charge in [0.05, 0.1) is 5.69 Å². The Kier molecular flexibility index (Phi) is 7.36. The molecule has 0 radical (unpaired) electrons. The van der Waals surface area contributed by atoms with E-state index in [0.29, 0.717) is 0 Å². The van der Waals surface area contributed by atoms with Gasteiger partial charge in [-0.3, -0.25) is 14.9 Å². The van der Waals surface area contributed by atoms with Crippen molar-refractivity contribution in [1.29, 1.82) is 0 Å². The number of aliphatic carboxylic acids is 1. The number of anilines is 1. The van der Waals surface area contributed by atoms with Crippen molar-refractivity contribution in [2.24, 2.45) is 0 Å². The van der Waals surface area contributed by atoms with E-state index in [1.807, 2.05) is 54.6 Å². The molecule has 0 unspecified atom stereocenters. The molecule has 7 nitrogen and oxygen atoms in total. The molecule has 5 rings (SSSR count). The minimum Gasteiger partial charge on any atom is -0.480 e. The highest BCUT2D eigenvalue weighted by molar-refractivity contribution is 5.96. The summed E-state index contributed by atoms with van der Waals surface area (Å²) >= 11 is 0. The Hall–Kier alpha value is -4.98. The lowest BCUT2D eigenvalue weighted by Gasteiger charge is -2.21. The monoisotopic (exact) mass is 524 g/mol. The average molecular weight is 525 g/mol. The van der Waals surface area contributed by atoms with Gasteiger partial charge in [-0.1, -0.05) is 78.9 Å². The number of carbonyl (C=O) groups excluding carboxylic acids is 2. The van der Waals surface area contributed by atoms with Gasteiger partial charge in [0.2, 0.25) is 0 Å². The summed E-state index contributed by atoms with van der Waals surface area (Å²) in [6.45, 7) is -0.426. The van der Waals surface area contributed by atoms with Crippen LogP contribution in [0.2, 0.25) is 0 Å². The van der Waals surface area contributed by atoms with Crippen molar-refractivity contribution in [1.82, 2.24) is 4.90 Å². The number of carboxylic acids is 1. The highest BCUT2D eigenvalue weighted by Gasteiger charge is 2.29. The summed E-state index contributed by atoms with van der Waals surface area (Å²) in [6.07, 6.45) is -0.827. The van der Waals surface area contributed by atoms with E-state index in [4.69, 9.17) is 4.74 Å². The van der Waals surface area contributed by atoms with E-state index in [1.54, 1.807) is 24.3 Å². The molecule has 0 aliphatic heterocycles. The van der Waals surface area contributed by atoms with Gasteiger partial charge in [0.1, 0.15) is 19.0 Å². The van der Waals surface area contributed by atoms with Crippen molar-refractivity contribution in [3.05, 3.63) is 125 Å². The third-order valence-corrected chi connectivity index (χ3v) is 6.63. The Balaban J connectivity index is 1.25. The Morgan fingerprint density at radius 1 is 0.846 bits per heavy atom. The first-order valence-electron chi connectivity index (χ1n) is 12.4. The Morgan fingerprint density at radius 2 is 1.46 bits per heavy atom. The molecule has 0 saturated heterocycles. The van der Waals surface area contributed by atoms with Crippen LogP contribution in [0.4, 0.5) is 14.9 Å². The largest absolute Gasteiger partial charge is 0.480 e. The molecule has 2 amide bonds. The second-order valence-electron chi connectivity index (χ2n) is 9.19. The van der Waals surface area contributed by atoms with Crippen LogP contribution in [0.5, 0.6) is 0 Å². The Bertz CT molecular complexity index is 1490.